The summed E-state index contributed by atoms with van der Waals surface area (Å²) in [5.74, 6) is 0.0819. The second kappa shape index (κ2) is 7.61. The van der Waals surface area contributed by atoms with Crippen LogP contribution in [0.15, 0.2) is 53.6 Å². The standard InChI is InChI=1S/C23H25N3O2S/c1-3-29(27,28)18-8-4-7-17(13-18)19-11-16(6-5-9-24)12-21-22(19)20-10-15(2)14-25-23(20)26-21/h4,7-8,10-14H,3,5-6,9,24H2,1-2H3,(H,25,26). The molecule has 0 bridgehead atoms. The van der Waals surface area contributed by atoms with Crippen LogP contribution >= 0.6 is 0 Å². The molecule has 0 unspecified atom stereocenters. The van der Waals surface area contributed by atoms with E-state index in [1.165, 1.54) is 5.56 Å². The Hall–Kier alpha value is -2.70. The largest absolute Gasteiger partial charge is 0.339 e. The van der Waals surface area contributed by atoms with Crippen LogP contribution in [-0.2, 0) is 16.3 Å². The van der Waals surface area contributed by atoms with Crippen molar-refractivity contribution in [2.24, 2.45) is 5.73 Å². The van der Waals surface area contributed by atoms with Gasteiger partial charge >= 0.3 is 0 Å². The van der Waals surface area contributed by atoms with Gasteiger partial charge in [-0.2, -0.15) is 0 Å². The van der Waals surface area contributed by atoms with E-state index in [9.17, 15) is 8.42 Å². The third-order valence-electron chi connectivity index (χ3n) is 5.30. The highest BCUT2D eigenvalue weighted by Gasteiger charge is 2.16. The molecule has 3 N–H and O–H groups in total. The van der Waals surface area contributed by atoms with Crippen LogP contribution in [0, 0.1) is 6.92 Å². The Balaban J connectivity index is 2.02. The number of nitrogens with one attached hydrogen (secondary N) is 1. The SMILES string of the molecule is CCS(=O)(=O)c1cccc(-c2cc(CCCN)cc3[nH]c4ncc(C)cc4c23)c1. The molecule has 5 nitrogen and oxygen atoms in total. The number of aromatic amines is 1. The molecule has 4 rings (SSSR count). The van der Waals surface area contributed by atoms with Crippen molar-refractivity contribution in [3.8, 4) is 11.1 Å². The lowest BCUT2D eigenvalue weighted by Crippen LogP contribution is -2.03. The summed E-state index contributed by atoms with van der Waals surface area (Å²) in [6, 6.07) is 13.7. The van der Waals surface area contributed by atoms with Crippen LogP contribution < -0.4 is 5.73 Å². The van der Waals surface area contributed by atoms with Gasteiger partial charge < -0.3 is 10.7 Å². The Labute approximate surface area is 170 Å². The van der Waals surface area contributed by atoms with E-state index in [0.29, 0.717) is 11.4 Å². The lowest BCUT2D eigenvalue weighted by atomic mass is 9.95. The lowest BCUT2D eigenvalue weighted by molar-refractivity contribution is 0.597. The molecule has 4 aromatic rings. The van der Waals surface area contributed by atoms with Crippen molar-refractivity contribution in [1.29, 1.82) is 0 Å². The smallest absolute Gasteiger partial charge is 0.178 e. The zero-order valence-corrected chi connectivity index (χ0v) is 17.5. The molecule has 0 aliphatic carbocycles. The number of sulfone groups is 1. The van der Waals surface area contributed by atoms with Gasteiger partial charge in [0, 0.05) is 22.5 Å². The molecule has 2 heterocycles. The summed E-state index contributed by atoms with van der Waals surface area (Å²) < 4.78 is 24.9. The minimum Gasteiger partial charge on any atom is -0.339 e. The van der Waals surface area contributed by atoms with E-state index < -0.39 is 9.84 Å². The minimum atomic E-state index is -3.28. The second-order valence-electron chi connectivity index (χ2n) is 7.42. The summed E-state index contributed by atoms with van der Waals surface area (Å²) in [4.78, 5) is 8.32. The van der Waals surface area contributed by atoms with E-state index in [1.807, 2.05) is 25.3 Å². The summed E-state index contributed by atoms with van der Waals surface area (Å²) >= 11 is 0. The van der Waals surface area contributed by atoms with Gasteiger partial charge in [-0.25, -0.2) is 13.4 Å². The number of hydrogen-bond donors (Lipinski definition) is 2. The molecule has 6 heteroatoms. The molecule has 2 aromatic heterocycles. The average Bonchev–Trinajstić information content (AvgIpc) is 3.09. The van der Waals surface area contributed by atoms with Crippen LogP contribution in [0.2, 0.25) is 0 Å². The molecular weight excluding hydrogens is 382 g/mol. The first-order chi connectivity index (χ1) is 13.9. The maximum atomic E-state index is 12.4. The molecule has 2 aromatic carbocycles. The van der Waals surface area contributed by atoms with Crippen LogP contribution in [0.25, 0.3) is 33.1 Å². The van der Waals surface area contributed by atoms with Gasteiger partial charge in [-0.05, 0) is 72.8 Å². The topological polar surface area (TPSA) is 88.8 Å². The van der Waals surface area contributed by atoms with Crippen LogP contribution in [0.4, 0.5) is 0 Å². The summed E-state index contributed by atoms with van der Waals surface area (Å²) in [6.45, 7) is 4.32. The number of rotatable bonds is 6. The third-order valence-corrected chi connectivity index (χ3v) is 7.03. The highest BCUT2D eigenvalue weighted by atomic mass is 32.2. The van der Waals surface area contributed by atoms with Crippen molar-refractivity contribution in [3.05, 3.63) is 59.8 Å². The summed E-state index contributed by atoms with van der Waals surface area (Å²) in [6.07, 6.45) is 3.61. The Morgan fingerprint density at radius 2 is 1.97 bits per heavy atom. The number of nitrogens with two attached hydrogens (primary N) is 1. The van der Waals surface area contributed by atoms with Crippen LogP contribution in [0.5, 0.6) is 0 Å². The van der Waals surface area contributed by atoms with Crippen molar-refractivity contribution in [3.63, 3.8) is 0 Å². The van der Waals surface area contributed by atoms with Gasteiger partial charge in [-0.1, -0.05) is 25.1 Å². The highest BCUT2D eigenvalue weighted by molar-refractivity contribution is 7.91. The van der Waals surface area contributed by atoms with Crippen molar-refractivity contribution >= 4 is 31.8 Å². The maximum Gasteiger partial charge on any atom is 0.178 e. The lowest BCUT2D eigenvalue weighted by Gasteiger charge is -2.10. The molecule has 150 valence electrons. The van der Waals surface area contributed by atoms with Crippen molar-refractivity contribution in [1.82, 2.24) is 9.97 Å². The first kappa shape index (κ1) is 19.6. The Morgan fingerprint density at radius 1 is 1.14 bits per heavy atom. The molecule has 0 atom stereocenters. The van der Waals surface area contributed by atoms with Gasteiger partial charge in [0.2, 0.25) is 0 Å². The Kier molecular flexibility index (Phi) is 5.15. The molecular formula is C23H25N3O2S. The highest BCUT2D eigenvalue weighted by Crippen LogP contribution is 2.36. The fraction of sp³-hybridized carbons (Fsp3) is 0.261. The monoisotopic (exact) mass is 407 g/mol. The minimum absolute atomic E-state index is 0.0819. The quantitative estimate of drug-likeness (QED) is 0.496. The molecule has 0 saturated carbocycles. The number of aryl methyl sites for hydroxylation is 2. The number of pyridine rings is 1. The van der Waals surface area contributed by atoms with E-state index in [4.69, 9.17) is 5.73 Å². The number of H-pyrrole nitrogens is 1. The van der Waals surface area contributed by atoms with Gasteiger partial charge in [0.25, 0.3) is 0 Å². The zero-order valence-electron chi connectivity index (χ0n) is 16.7. The molecule has 0 saturated heterocycles. The number of benzene rings is 2. The zero-order chi connectivity index (χ0) is 20.6. The summed E-state index contributed by atoms with van der Waals surface area (Å²) in [5.41, 5.74) is 11.7. The predicted octanol–water partition coefficient (Wildman–Crippen LogP) is 4.38. The fourth-order valence-electron chi connectivity index (χ4n) is 3.78. The van der Waals surface area contributed by atoms with Crippen LogP contribution in [-0.4, -0.2) is 30.7 Å². The number of aromatic nitrogens is 2. The van der Waals surface area contributed by atoms with Crippen LogP contribution in [0.3, 0.4) is 0 Å². The number of hydrogen-bond acceptors (Lipinski definition) is 4. The molecule has 0 spiro atoms. The molecule has 0 radical (unpaired) electrons. The molecule has 29 heavy (non-hydrogen) atoms. The summed E-state index contributed by atoms with van der Waals surface area (Å²) in [5, 5.41) is 2.11. The average molecular weight is 408 g/mol. The van der Waals surface area contributed by atoms with E-state index in [2.05, 4.69) is 28.2 Å². The molecule has 0 amide bonds. The third kappa shape index (κ3) is 3.66. The van der Waals surface area contributed by atoms with Gasteiger partial charge in [0.05, 0.1) is 10.6 Å². The summed E-state index contributed by atoms with van der Waals surface area (Å²) in [7, 11) is -3.28. The molecule has 0 fully saturated rings. The van der Waals surface area contributed by atoms with E-state index in [1.54, 1.807) is 19.1 Å². The fourth-order valence-corrected chi connectivity index (χ4v) is 4.71. The molecule has 0 aliphatic heterocycles. The van der Waals surface area contributed by atoms with Gasteiger partial charge in [-0.15, -0.1) is 0 Å². The number of fused-ring (bicyclic) bond motifs is 3. The second-order valence-corrected chi connectivity index (χ2v) is 9.70. The van der Waals surface area contributed by atoms with Gasteiger partial charge in [0.1, 0.15) is 5.65 Å². The van der Waals surface area contributed by atoms with Crippen molar-refractivity contribution in [2.75, 3.05) is 12.3 Å². The van der Waals surface area contributed by atoms with Crippen molar-refractivity contribution in [2.45, 2.75) is 31.6 Å². The van der Waals surface area contributed by atoms with Crippen molar-refractivity contribution < 1.29 is 8.42 Å². The Morgan fingerprint density at radius 3 is 2.72 bits per heavy atom. The first-order valence-electron chi connectivity index (χ1n) is 9.87. The van der Waals surface area contributed by atoms with Gasteiger partial charge in [0.15, 0.2) is 9.84 Å². The predicted molar refractivity (Wildman–Crippen MR) is 119 cm³/mol. The van der Waals surface area contributed by atoms with Crippen LogP contribution in [0.1, 0.15) is 24.5 Å². The maximum absolute atomic E-state index is 12.4. The molecule has 0 aliphatic rings. The first-order valence-corrected chi connectivity index (χ1v) is 11.5. The normalized spacial score (nSPS) is 12.1. The Bertz CT molecular complexity index is 1310. The van der Waals surface area contributed by atoms with E-state index >= 15 is 0 Å². The van der Waals surface area contributed by atoms with Gasteiger partial charge in [-0.3, -0.25) is 0 Å². The van der Waals surface area contributed by atoms with E-state index in [0.717, 1.165) is 51.5 Å². The van der Waals surface area contributed by atoms with E-state index in [-0.39, 0.29) is 5.75 Å². The number of nitrogens with zero attached hydrogens (tertiary/aromatic N) is 1.